The Hall–Kier alpha value is -3.25. The minimum absolute atomic E-state index is 0.169. The van der Waals surface area contributed by atoms with Crippen LogP contribution in [0.3, 0.4) is 0 Å². The maximum Gasteiger partial charge on any atom is 0.255 e. The summed E-state index contributed by atoms with van der Waals surface area (Å²) in [6.45, 7) is 1.15. The summed E-state index contributed by atoms with van der Waals surface area (Å²) in [7, 11) is 1.66. The number of carbonyl (C=O) groups is 1. The molecule has 0 aliphatic heterocycles. The normalized spacial score (nSPS) is 14.1. The first kappa shape index (κ1) is 22.9. The highest BCUT2D eigenvalue weighted by atomic mass is 16.5. The van der Waals surface area contributed by atoms with Crippen LogP contribution in [0.2, 0.25) is 0 Å². The molecule has 0 bridgehead atoms. The van der Waals surface area contributed by atoms with Crippen molar-refractivity contribution in [1.82, 2.24) is 15.3 Å². The van der Waals surface area contributed by atoms with Crippen molar-refractivity contribution in [1.29, 1.82) is 0 Å². The molecule has 6 heteroatoms. The van der Waals surface area contributed by atoms with Crippen LogP contribution in [0.4, 0.5) is 5.95 Å². The van der Waals surface area contributed by atoms with Crippen LogP contribution in [0.5, 0.6) is 0 Å². The summed E-state index contributed by atoms with van der Waals surface area (Å²) >= 11 is 0. The van der Waals surface area contributed by atoms with Gasteiger partial charge in [0, 0.05) is 38.1 Å². The highest BCUT2D eigenvalue weighted by Gasteiger charge is 2.19. The lowest BCUT2D eigenvalue weighted by Gasteiger charge is -2.23. The van der Waals surface area contributed by atoms with E-state index in [0.717, 1.165) is 36.0 Å². The van der Waals surface area contributed by atoms with Crippen molar-refractivity contribution in [2.24, 2.45) is 0 Å². The molecular formula is C27H32N4O2. The van der Waals surface area contributed by atoms with Crippen LogP contribution in [0.15, 0.2) is 60.8 Å². The number of methoxy groups -OCH3 is 1. The Morgan fingerprint density at radius 3 is 2.39 bits per heavy atom. The molecule has 1 aliphatic carbocycles. The van der Waals surface area contributed by atoms with Crippen molar-refractivity contribution in [3.8, 4) is 22.4 Å². The van der Waals surface area contributed by atoms with E-state index in [9.17, 15) is 4.79 Å². The number of carbonyl (C=O) groups excluding carboxylic acids is 1. The summed E-state index contributed by atoms with van der Waals surface area (Å²) in [5, 5.41) is 6.45. The Labute approximate surface area is 195 Å². The second kappa shape index (κ2) is 11.6. The number of amides is 1. The fourth-order valence-electron chi connectivity index (χ4n) is 4.23. The van der Waals surface area contributed by atoms with Gasteiger partial charge in [0.25, 0.3) is 5.91 Å². The second-order valence-corrected chi connectivity index (χ2v) is 8.48. The average molecular weight is 445 g/mol. The van der Waals surface area contributed by atoms with Gasteiger partial charge in [-0.2, -0.15) is 0 Å². The molecule has 2 aromatic carbocycles. The monoisotopic (exact) mass is 444 g/mol. The average Bonchev–Trinajstić information content (AvgIpc) is 2.88. The Balaban J connectivity index is 1.60. The van der Waals surface area contributed by atoms with Gasteiger partial charge in [0.2, 0.25) is 5.95 Å². The summed E-state index contributed by atoms with van der Waals surface area (Å²) < 4.78 is 5.07. The minimum atomic E-state index is -0.169. The van der Waals surface area contributed by atoms with E-state index in [-0.39, 0.29) is 5.91 Å². The van der Waals surface area contributed by atoms with Gasteiger partial charge >= 0.3 is 0 Å². The van der Waals surface area contributed by atoms with Crippen LogP contribution in [-0.4, -0.2) is 42.2 Å². The largest absolute Gasteiger partial charge is 0.385 e. The molecule has 6 nitrogen and oxygen atoms in total. The number of ether oxygens (including phenoxy) is 1. The Morgan fingerprint density at radius 2 is 1.67 bits per heavy atom. The lowest BCUT2D eigenvalue weighted by Crippen LogP contribution is -2.27. The fraction of sp³-hybridized carbons (Fsp3) is 0.370. The number of benzene rings is 2. The zero-order chi connectivity index (χ0) is 22.9. The zero-order valence-corrected chi connectivity index (χ0v) is 19.2. The molecule has 172 valence electrons. The molecule has 1 fully saturated rings. The molecule has 0 saturated heterocycles. The number of aromatic nitrogens is 2. The fourth-order valence-corrected chi connectivity index (χ4v) is 4.23. The first-order chi connectivity index (χ1) is 16.2. The van der Waals surface area contributed by atoms with E-state index in [1.165, 1.54) is 19.3 Å². The molecular weight excluding hydrogens is 412 g/mol. The third-order valence-corrected chi connectivity index (χ3v) is 6.05. The molecule has 4 rings (SSSR count). The third kappa shape index (κ3) is 6.17. The van der Waals surface area contributed by atoms with Gasteiger partial charge in [0.15, 0.2) is 0 Å². The van der Waals surface area contributed by atoms with Gasteiger partial charge in [-0.05, 0) is 30.4 Å². The molecule has 1 heterocycles. The Morgan fingerprint density at radius 1 is 0.970 bits per heavy atom. The lowest BCUT2D eigenvalue weighted by molar-refractivity contribution is 0.0948. The van der Waals surface area contributed by atoms with E-state index < -0.39 is 0 Å². The number of rotatable bonds is 9. The Bertz CT molecular complexity index is 1030. The minimum Gasteiger partial charge on any atom is -0.385 e. The van der Waals surface area contributed by atoms with Crippen molar-refractivity contribution < 1.29 is 9.53 Å². The van der Waals surface area contributed by atoms with Crippen molar-refractivity contribution in [2.45, 2.75) is 44.6 Å². The number of nitrogens with zero attached hydrogens (tertiary/aromatic N) is 2. The van der Waals surface area contributed by atoms with Crippen LogP contribution in [-0.2, 0) is 4.74 Å². The van der Waals surface area contributed by atoms with E-state index in [1.807, 2.05) is 30.3 Å². The van der Waals surface area contributed by atoms with Crippen molar-refractivity contribution in [3.63, 3.8) is 0 Å². The highest BCUT2D eigenvalue weighted by molar-refractivity contribution is 5.99. The molecule has 1 saturated carbocycles. The summed E-state index contributed by atoms with van der Waals surface area (Å²) in [5.41, 5.74) is 4.30. The van der Waals surface area contributed by atoms with Gasteiger partial charge in [-0.25, -0.2) is 9.97 Å². The summed E-state index contributed by atoms with van der Waals surface area (Å²) in [6, 6.07) is 18.8. The van der Waals surface area contributed by atoms with Gasteiger partial charge in [0.05, 0.1) is 11.3 Å². The maximum atomic E-state index is 12.9. The molecule has 1 amide bonds. The summed E-state index contributed by atoms with van der Waals surface area (Å²) in [6.07, 6.45) is 8.41. The Kier molecular flexibility index (Phi) is 8.04. The van der Waals surface area contributed by atoms with Crippen LogP contribution in [0.25, 0.3) is 22.4 Å². The van der Waals surface area contributed by atoms with E-state index in [2.05, 4.69) is 39.9 Å². The van der Waals surface area contributed by atoms with E-state index >= 15 is 0 Å². The molecule has 1 aromatic heterocycles. The predicted molar refractivity (Wildman–Crippen MR) is 132 cm³/mol. The van der Waals surface area contributed by atoms with Crippen molar-refractivity contribution >= 4 is 11.9 Å². The zero-order valence-electron chi connectivity index (χ0n) is 19.2. The van der Waals surface area contributed by atoms with Crippen LogP contribution in [0, 0.1) is 0 Å². The molecule has 33 heavy (non-hydrogen) atoms. The van der Waals surface area contributed by atoms with E-state index in [0.29, 0.717) is 36.4 Å². The number of nitrogens with one attached hydrogen (secondary N) is 2. The maximum absolute atomic E-state index is 12.9. The number of hydrogen-bond acceptors (Lipinski definition) is 5. The van der Waals surface area contributed by atoms with Gasteiger partial charge in [-0.1, -0.05) is 73.9 Å². The molecule has 0 radical (unpaired) electrons. The molecule has 0 unspecified atom stereocenters. The van der Waals surface area contributed by atoms with Gasteiger partial charge in [-0.15, -0.1) is 0 Å². The second-order valence-electron chi connectivity index (χ2n) is 8.48. The SMILES string of the molecule is COCCCNC(=O)c1cnc(NC2CCCCC2)nc1-c1ccc(-c2ccccc2)cc1. The van der Waals surface area contributed by atoms with Crippen LogP contribution < -0.4 is 10.6 Å². The summed E-state index contributed by atoms with van der Waals surface area (Å²) in [4.78, 5) is 22.2. The topological polar surface area (TPSA) is 76.1 Å². The molecule has 0 spiro atoms. The predicted octanol–water partition coefficient (Wildman–Crippen LogP) is 5.32. The number of hydrogen-bond donors (Lipinski definition) is 2. The third-order valence-electron chi connectivity index (χ3n) is 6.05. The van der Waals surface area contributed by atoms with E-state index in [1.54, 1.807) is 13.3 Å². The molecule has 3 aromatic rings. The van der Waals surface area contributed by atoms with Crippen molar-refractivity contribution in [3.05, 3.63) is 66.4 Å². The number of anilines is 1. The standard InChI is InChI=1S/C27H32N4O2/c1-33-18-8-17-28-26(32)24-19-29-27(30-23-11-6-3-7-12-23)31-25(24)22-15-13-21(14-16-22)20-9-4-2-5-10-20/h2,4-5,9-10,13-16,19,23H,3,6-8,11-12,17-18H2,1H3,(H,28,32)(H,29,30,31). The molecule has 0 atom stereocenters. The quantitative estimate of drug-likeness (QED) is 0.437. The van der Waals surface area contributed by atoms with E-state index in [4.69, 9.17) is 9.72 Å². The smallest absolute Gasteiger partial charge is 0.255 e. The molecule has 1 aliphatic rings. The molecule has 2 N–H and O–H groups in total. The lowest BCUT2D eigenvalue weighted by atomic mass is 9.96. The van der Waals surface area contributed by atoms with Gasteiger partial charge < -0.3 is 15.4 Å². The van der Waals surface area contributed by atoms with Crippen LogP contribution in [0.1, 0.15) is 48.9 Å². The van der Waals surface area contributed by atoms with Crippen molar-refractivity contribution in [2.75, 3.05) is 25.6 Å². The highest BCUT2D eigenvalue weighted by Crippen LogP contribution is 2.27. The van der Waals surface area contributed by atoms with Crippen LogP contribution >= 0.6 is 0 Å². The first-order valence-corrected chi connectivity index (χ1v) is 11.8. The first-order valence-electron chi connectivity index (χ1n) is 11.8. The van der Waals surface area contributed by atoms with Gasteiger partial charge in [-0.3, -0.25) is 4.79 Å². The summed E-state index contributed by atoms with van der Waals surface area (Å²) in [5.74, 6) is 0.414. The van der Waals surface area contributed by atoms with Gasteiger partial charge in [0.1, 0.15) is 0 Å².